The Balaban J connectivity index is 3.76. The lowest BCUT2D eigenvalue weighted by Gasteiger charge is -2.13. The Morgan fingerprint density at radius 2 is 1.50 bits per heavy atom. The summed E-state index contributed by atoms with van der Waals surface area (Å²) in [5.41, 5.74) is 0. The first kappa shape index (κ1) is 13.0. The number of hydrogen-bond acceptors (Lipinski definition) is 7. The van der Waals surface area contributed by atoms with Gasteiger partial charge in [0.2, 0.25) is 0 Å². The molecule has 0 aromatic heterocycles. The van der Waals surface area contributed by atoms with Crippen LogP contribution in [0.15, 0.2) is 0 Å². The first-order chi connectivity index (χ1) is 6.56. The minimum atomic E-state index is -1.32. The minimum Gasteiger partial charge on any atom is -0.374 e. The van der Waals surface area contributed by atoms with Crippen LogP contribution in [0.4, 0.5) is 0 Å². The van der Waals surface area contributed by atoms with Crippen molar-refractivity contribution in [1.29, 1.82) is 0 Å². The average molecular weight is 224 g/mol. The Kier molecular flexibility index (Phi) is 6.93. The van der Waals surface area contributed by atoms with E-state index in [0.29, 0.717) is 0 Å². The topological polar surface area (TPSA) is 80.3 Å². The second kappa shape index (κ2) is 7.44. The quantitative estimate of drug-likeness (QED) is 0.258. The van der Waals surface area contributed by atoms with E-state index in [9.17, 15) is 9.59 Å². The van der Waals surface area contributed by atoms with Crippen molar-refractivity contribution in [2.75, 3.05) is 0 Å². The molecule has 0 unspecified atom stereocenters. The molecule has 0 heterocycles. The van der Waals surface area contributed by atoms with Gasteiger partial charge in [0.25, 0.3) is 0 Å². The van der Waals surface area contributed by atoms with E-state index < -0.39 is 28.2 Å². The molecule has 0 bridgehead atoms. The number of carbonyl (C=O) groups excluding carboxylic acids is 2. The second-order valence-electron chi connectivity index (χ2n) is 2.09. The highest BCUT2D eigenvalue weighted by atomic mass is 28.2. The molecule has 0 aliphatic rings. The Bertz CT molecular complexity index is 177. The zero-order chi connectivity index (χ0) is 11.0. The van der Waals surface area contributed by atoms with Gasteiger partial charge in [-0.05, 0) is 0 Å². The van der Waals surface area contributed by atoms with Gasteiger partial charge in [-0.3, -0.25) is 9.78 Å². The SMILES string of the molecule is C[SiH2]OC(OOC(C)=O)OOC(C)=O. The molecule has 0 fully saturated rings. The Hall–Kier alpha value is -0.963. The molecule has 0 saturated heterocycles. The second-order valence-corrected chi connectivity index (χ2v) is 3.00. The van der Waals surface area contributed by atoms with Crippen LogP contribution in [0, 0.1) is 0 Å². The summed E-state index contributed by atoms with van der Waals surface area (Å²) in [6, 6.07) is 0. The van der Waals surface area contributed by atoms with Crippen molar-refractivity contribution in [2.24, 2.45) is 0 Å². The molecular weight excluding hydrogens is 212 g/mol. The fraction of sp³-hybridized carbons (Fsp3) is 0.667. The van der Waals surface area contributed by atoms with Crippen LogP contribution in [0.2, 0.25) is 6.55 Å². The summed E-state index contributed by atoms with van der Waals surface area (Å²) < 4.78 is 4.88. The van der Waals surface area contributed by atoms with E-state index in [1.54, 1.807) is 6.55 Å². The van der Waals surface area contributed by atoms with Crippen molar-refractivity contribution in [3.63, 3.8) is 0 Å². The first-order valence-electron chi connectivity index (χ1n) is 3.85. The fourth-order valence-electron chi connectivity index (χ4n) is 0.422. The van der Waals surface area contributed by atoms with Crippen molar-refractivity contribution in [3.05, 3.63) is 0 Å². The Morgan fingerprint density at radius 1 is 1.07 bits per heavy atom. The lowest BCUT2D eigenvalue weighted by atomic mass is 10.8. The third-order valence-electron chi connectivity index (χ3n) is 0.791. The highest BCUT2D eigenvalue weighted by Crippen LogP contribution is 1.99. The molecule has 82 valence electrons. The molecule has 0 amide bonds. The molecule has 0 aliphatic carbocycles. The molecule has 0 aromatic carbocycles. The van der Waals surface area contributed by atoms with Crippen LogP contribution in [0.3, 0.4) is 0 Å². The molecule has 14 heavy (non-hydrogen) atoms. The van der Waals surface area contributed by atoms with E-state index in [-0.39, 0.29) is 0 Å². The fourth-order valence-corrected chi connectivity index (χ4v) is 0.805. The van der Waals surface area contributed by atoms with Gasteiger partial charge in [-0.2, -0.15) is 0 Å². The number of hydrogen-bond donors (Lipinski definition) is 0. The minimum absolute atomic E-state index is 0.664. The van der Waals surface area contributed by atoms with Gasteiger partial charge in [-0.1, -0.05) is 6.55 Å². The van der Waals surface area contributed by atoms with Gasteiger partial charge in [0, 0.05) is 13.8 Å². The zero-order valence-electron chi connectivity index (χ0n) is 8.14. The maximum atomic E-state index is 10.3. The van der Waals surface area contributed by atoms with Crippen LogP contribution >= 0.6 is 0 Å². The summed E-state index contributed by atoms with van der Waals surface area (Å²) in [7, 11) is -0.856. The summed E-state index contributed by atoms with van der Waals surface area (Å²) >= 11 is 0. The predicted molar refractivity (Wildman–Crippen MR) is 45.0 cm³/mol. The number of rotatable bonds is 6. The molecule has 0 aliphatic heterocycles. The predicted octanol–water partition coefficient (Wildman–Crippen LogP) is -0.592. The van der Waals surface area contributed by atoms with Gasteiger partial charge in [-0.25, -0.2) is 9.59 Å². The normalized spacial score (nSPS) is 10.9. The maximum Gasteiger partial charge on any atom is 0.341 e. The van der Waals surface area contributed by atoms with Crippen LogP contribution in [0.5, 0.6) is 0 Å². The third-order valence-corrected chi connectivity index (χ3v) is 1.40. The van der Waals surface area contributed by atoms with E-state index in [4.69, 9.17) is 4.43 Å². The molecule has 0 spiro atoms. The highest BCUT2D eigenvalue weighted by molar-refractivity contribution is 6.24. The molecule has 7 nitrogen and oxygen atoms in total. The molecule has 0 saturated carbocycles. The van der Waals surface area contributed by atoms with Crippen LogP contribution in [0.1, 0.15) is 13.8 Å². The van der Waals surface area contributed by atoms with E-state index >= 15 is 0 Å². The summed E-state index contributed by atoms with van der Waals surface area (Å²) in [6.45, 7) is 2.76. The van der Waals surface area contributed by atoms with Gasteiger partial charge in [0.15, 0.2) is 9.76 Å². The van der Waals surface area contributed by atoms with Crippen LogP contribution < -0.4 is 0 Å². The monoisotopic (exact) mass is 224 g/mol. The smallest absolute Gasteiger partial charge is 0.341 e. The van der Waals surface area contributed by atoms with Crippen LogP contribution in [-0.4, -0.2) is 28.2 Å². The van der Waals surface area contributed by atoms with Crippen LogP contribution in [-0.2, 0) is 33.6 Å². The molecular formula is C6H12O7Si. The maximum absolute atomic E-state index is 10.3. The van der Waals surface area contributed by atoms with Gasteiger partial charge in [0.1, 0.15) is 0 Å². The standard InChI is InChI=1S/C6H12O7Si/c1-4(7)9-11-6(13-14-3)12-10-5(2)8/h6H,14H2,1-3H3. The molecule has 0 atom stereocenters. The van der Waals surface area contributed by atoms with Gasteiger partial charge in [-0.15, -0.1) is 9.78 Å². The summed E-state index contributed by atoms with van der Waals surface area (Å²) in [4.78, 5) is 37.6. The Labute approximate surface area is 83.0 Å². The van der Waals surface area contributed by atoms with E-state index in [2.05, 4.69) is 19.6 Å². The molecule has 0 N–H and O–H groups in total. The van der Waals surface area contributed by atoms with Crippen molar-refractivity contribution in [1.82, 2.24) is 0 Å². The van der Waals surface area contributed by atoms with Crippen molar-refractivity contribution >= 4 is 21.7 Å². The van der Waals surface area contributed by atoms with Crippen LogP contribution in [0.25, 0.3) is 0 Å². The first-order valence-corrected chi connectivity index (χ1v) is 5.84. The molecule has 8 heteroatoms. The van der Waals surface area contributed by atoms with Gasteiger partial charge >= 0.3 is 18.4 Å². The van der Waals surface area contributed by atoms with Gasteiger partial charge < -0.3 is 4.43 Å². The largest absolute Gasteiger partial charge is 0.374 e. The van der Waals surface area contributed by atoms with E-state index in [1.165, 1.54) is 0 Å². The number of carbonyl (C=O) groups is 2. The highest BCUT2D eigenvalue weighted by Gasteiger charge is 2.14. The molecule has 0 radical (unpaired) electrons. The lowest BCUT2D eigenvalue weighted by Crippen LogP contribution is -2.24. The van der Waals surface area contributed by atoms with E-state index in [0.717, 1.165) is 13.8 Å². The summed E-state index contributed by atoms with van der Waals surface area (Å²) in [5, 5.41) is 0. The van der Waals surface area contributed by atoms with E-state index in [1.807, 2.05) is 0 Å². The molecule has 0 rings (SSSR count). The van der Waals surface area contributed by atoms with Gasteiger partial charge in [0.05, 0.1) is 0 Å². The van der Waals surface area contributed by atoms with Crippen molar-refractivity contribution < 1.29 is 33.6 Å². The third kappa shape index (κ3) is 7.67. The van der Waals surface area contributed by atoms with Crippen molar-refractivity contribution in [2.45, 2.75) is 26.9 Å². The zero-order valence-corrected chi connectivity index (χ0v) is 9.56. The Morgan fingerprint density at radius 3 is 1.79 bits per heavy atom. The summed E-state index contributed by atoms with van der Waals surface area (Å²) in [6.07, 6.45) is 0. The molecule has 0 aromatic rings. The lowest BCUT2D eigenvalue weighted by molar-refractivity contribution is -0.476. The van der Waals surface area contributed by atoms with Crippen molar-refractivity contribution in [3.8, 4) is 0 Å². The summed E-state index contributed by atoms with van der Waals surface area (Å²) in [5.74, 6) is -1.33. The average Bonchev–Trinajstić information content (AvgIpc) is 2.09.